The van der Waals surface area contributed by atoms with Crippen LogP contribution in [0.25, 0.3) is 0 Å². The minimum Gasteiger partial charge on any atom is -0.409 e. The molecule has 6 N–H and O–H groups in total. The first-order valence-electron chi connectivity index (χ1n) is 7.20. The molecule has 6 nitrogen and oxygen atoms in total. The van der Waals surface area contributed by atoms with Crippen LogP contribution in [0.15, 0.2) is 29.4 Å². The van der Waals surface area contributed by atoms with Crippen LogP contribution >= 0.6 is 0 Å². The maximum absolute atomic E-state index is 11.1. The Hall–Kier alpha value is -2.08. The number of nitrogens with two attached hydrogens (primary N) is 2. The maximum atomic E-state index is 11.1. The fraction of sp³-hybridized carbons (Fsp3) is 0.467. The number of hydrogen-bond donors (Lipinski definition) is 4. The number of benzene rings is 1. The predicted octanol–water partition coefficient (Wildman–Crippen LogP) is 0.915. The van der Waals surface area contributed by atoms with E-state index in [4.69, 9.17) is 16.7 Å². The van der Waals surface area contributed by atoms with Crippen molar-refractivity contribution in [2.75, 3.05) is 0 Å². The zero-order valence-corrected chi connectivity index (χ0v) is 12.0. The first-order chi connectivity index (χ1) is 10.1. The summed E-state index contributed by atoms with van der Waals surface area (Å²) in [5, 5.41) is 15.3. The summed E-state index contributed by atoms with van der Waals surface area (Å²) in [6, 6.07) is 7.94. The van der Waals surface area contributed by atoms with Crippen LogP contribution < -0.4 is 16.8 Å². The molecule has 0 heterocycles. The van der Waals surface area contributed by atoms with E-state index in [0.29, 0.717) is 12.6 Å². The molecule has 1 aromatic rings. The van der Waals surface area contributed by atoms with Gasteiger partial charge in [0.25, 0.3) is 0 Å². The number of oxime groups is 1. The van der Waals surface area contributed by atoms with E-state index in [0.717, 1.165) is 36.8 Å². The summed E-state index contributed by atoms with van der Waals surface area (Å²) < 4.78 is 0. The Balaban J connectivity index is 1.91. The second-order valence-corrected chi connectivity index (χ2v) is 5.47. The van der Waals surface area contributed by atoms with E-state index >= 15 is 0 Å². The fourth-order valence-electron chi connectivity index (χ4n) is 2.81. The van der Waals surface area contributed by atoms with E-state index in [1.807, 2.05) is 24.3 Å². The fourth-order valence-corrected chi connectivity index (χ4v) is 2.81. The van der Waals surface area contributed by atoms with Crippen LogP contribution in [0.3, 0.4) is 0 Å². The molecule has 1 aliphatic rings. The lowest BCUT2D eigenvalue weighted by atomic mass is 9.85. The zero-order valence-electron chi connectivity index (χ0n) is 12.0. The van der Waals surface area contributed by atoms with E-state index < -0.39 is 0 Å². The lowest BCUT2D eigenvalue weighted by Crippen LogP contribution is -2.36. The van der Waals surface area contributed by atoms with Crippen molar-refractivity contribution in [3.05, 3.63) is 35.4 Å². The van der Waals surface area contributed by atoms with Gasteiger partial charge in [-0.1, -0.05) is 29.4 Å². The number of carbonyl (C=O) groups excluding carboxylic acids is 1. The van der Waals surface area contributed by atoms with Crippen molar-refractivity contribution in [1.29, 1.82) is 0 Å². The van der Waals surface area contributed by atoms with Gasteiger partial charge in [0.15, 0.2) is 5.84 Å². The van der Waals surface area contributed by atoms with Gasteiger partial charge in [0.05, 0.1) is 0 Å². The summed E-state index contributed by atoms with van der Waals surface area (Å²) in [5.74, 6) is -0.0527. The molecule has 21 heavy (non-hydrogen) atoms. The highest BCUT2D eigenvalue weighted by Crippen LogP contribution is 2.24. The second-order valence-electron chi connectivity index (χ2n) is 5.47. The predicted molar refractivity (Wildman–Crippen MR) is 80.7 cm³/mol. The van der Waals surface area contributed by atoms with Crippen LogP contribution in [0.1, 0.15) is 36.8 Å². The monoisotopic (exact) mass is 290 g/mol. The average Bonchev–Trinajstić information content (AvgIpc) is 2.52. The van der Waals surface area contributed by atoms with Gasteiger partial charge in [-0.05, 0) is 31.2 Å². The maximum Gasteiger partial charge on any atom is 0.220 e. The minimum absolute atomic E-state index is 0.0208. The van der Waals surface area contributed by atoms with Crippen molar-refractivity contribution in [3.63, 3.8) is 0 Å². The molecule has 0 saturated heterocycles. The van der Waals surface area contributed by atoms with Crippen LogP contribution in [0.4, 0.5) is 0 Å². The number of hydrogen-bond acceptors (Lipinski definition) is 4. The lowest BCUT2D eigenvalue weighted by molar-refractivity contribution is -0.122. The van der Waals surface area contributed by atoms with Gasteiger partial charge >= 0.3 is 0 Å². The van der Waals surface area contributed by atoms with Crippen LogP contribution in [0.5, 0.6) is 0 Å². The van der Waals surface area contributed by atoms with Gasteiger partial charge in [-0.15, -0.1) is 0 Å². The highest BCUT2D eigenvalue weighted by Gasteiger charge is 2.24. The number of primary amides is 1. The Morgan fingerprint density at radius 3 is 2.52 bits per heavy atom. The van der Waals surface area contributed by atoms with Crippen molar-refractivity contribution in [2.45, 2.75) is 38.3 Å². The molecule has 1 saturated carbocycles. The van der Waals surface area contributed by atoms with Gasteiger partial charge in [-0.25, -0.2) is 0 Å². The number of nitrogens with one attached hydrogen (secondary N) is 1. The van der Waals surface area contributed by atoms with Crippen LogP contribution in [-0.2, 0) is 11.3 Å². The summed E-state index contributed by atoms with van der Waals surface area (Å²) in [5.41, 5.74) is 12.7. The number of amidine groups is 1. The molecule has 0 spiro atoms. The van der Waals surface area contributed by atoms with E-state index in [2.05, 4.69) is 10.5 Å². The molecule has 1 aromatic carbocycles. The zero-order chi connectivity index (χ0) is 15.2. The molecule has 1 aliphatic carbocycles. The second kappa shape index (κ2) is 7.08. The van der Waals surface area contributed by atoms with Crippen molar-refractivity contribution in [3.8, 4) is 0 Å². The van der Waals surface area contributed by atoms with Crippen LogP contribution in [0, 0.1) is 5.92 Å². The molecule has 114 valence electrons. The van der Waals surface area contributed by atoms with Gasteiger partial charge in [-0.3, -0.25) is 4.79 Å². The van der Waals surface area contributed by atoms with E-state index in [-0.39, 0.29) is 17.7 Å². The minimum atomic E-state index is -0.189. The molecule has 0 unspecified atom stereocenters. The summed E-state index contributed by atoms with van der Waals surface area (Å²) in [4.78, 5) is 11.1. The lowest BCUT2D eigenvalue weighted by Gasteiger charge is -2.27. The first-order valence-corrected chi connectivity index (χ1v) is 7.20. The van der Waals surface area contributed by atoms with E-state index in [9.17, 15) is 4.79 Å². The molecule has 2 rings (SSSR count). The topological polar surface area (TPSA) is 114 Å². The molecule has 0 bridgehead atoms. The Kier molecular flexibility index (Phi) is 5.16. The molecule has 0 radical (unpaired) electrons. The normalized spacial score (nSPS) is 23.0. The van der Waals surface area contributed by atoms with Crippen molar-refractivity contribution in [2.24, 2.45) is 22.5 Å². The van der Waals surface area contributed by atoms with Crippen molar-refractivity contribution >= 4 is 11.7 Å². The van der Waals surface area contributed by atoms with Gasteiger partial charge in [0, 0.05) is 24.1 Å². The third-order valence-electron chi connectivity index (χ3n) is 4.11. The number of carbonyl (C=O) groups is 1. The Morgan fingerprint density at radius 2 is 1.90 bits per heavy atom. The van der Waals surface area contributed by atoms with E-state index in [1.165, 1.54) is 0 Å². The number of rotatable bonds is 5. The van der Waals surface area contributed by atoms with Crippen LogP contribution in [0.2, 0.25) is 0 Å². The quantitative estimate of drug-likeness (QED) is 0.279. The summed E-state index contributed by atoms with van der Waals surface area (Å²) in [7, 11) is 0. The Bertz CT molecular complexity index is 522. The highest BCUT2D eigenvalue weighted by molar-refractivity contribution is 5.98. The Labute approximate surface area is 124 Å². The van der Waals surface area contributed by atoms with Crippen LogP contribution in [-0.4, -0.2) is 23.0 Å². The molecule has 1 amide bonds. The molecule has 6 heteroatoms. The number of amides is 1. The average molecular weight is 290 g/mol. The van der Waals surface area contributed by atoms with Crippen molar-refractivity contribution in [1.82, 2.24) is 5.32 Å². The molecular formula is C15H22N4O2. The standard InChI is InChI=1S/C15H22N4O2/c16-14(19-21)13-4-2-1-3-11(13)9-18-12-7-5-10(6-8-12)15(17)20/h1-4,10,12,18,21H,5-9H2,(H2,16,19)(H2,17,20). The molecule has 0 aliphatic heterocycles. The Morgan fingerprint density at radius 1 is 1.24 bits per heavy atom. The van der Waals surface area contributed by atoms with Gasteiger partial charge in [-0.2, -0.15) is 0 Å². The van der Waals surface area contributed by atoms with Gasteiger partial charge in [0.2, 0.25) is 5.91 Å². The summed E-state index contributed by atoms with van der Waals surface area (Å²) in [6.07, 6.45) is 3.57. The number of nitrogens with zero attached hydrogens (tertiary/aromatic N) is 1. The summed E-state index contributed by atoms with van der Waals surface area (Å²) in [6.45, 7) is 0.651. The molecule has 1 fully saturated rings. The van der Waals surface area contributed by atoms with Gasteiger partial charge in [0.1, 0.15) is 0 Å². The van der Waals surface area contributed by atoms with E-state index in [1.54, 1.807) is 0 Å². The third-order valence-corrected chi connectivity index (χ3v) is 4.11. The van der Waals surface area contributed by atoms with Crippen molar-refractivity contribution < 1.29 is 10.0 Å². The molecule has 0 atom stereocenters. The summed E-state index contributed by atoms with van der Waals surface area (Å²) >= 11 is 0. The van der Waals surface area contributed by atoms with Gasteiger partial charge < -0.3 is 22.0 Å². The SMILES string of the molecule is NC(=O)C1CCC(NCc2ccccc2C(N)=NO)CC1. The molecule has 0 aromatic heterocycles. The highest BCUT2D eigenvalue weighted by atomic mass is 16.4. The largest absolute Gasteiger partial charge is 0.409 e. The molecular weight excluding hydrogens is 268 g/mol. The third kappa shape index (κ3) is 3.95. The smallest absolute Gasteiger partial charge is 0.220 e. The first kappa shape index (κ1) is 15.3.